The maximum atomic E-state index is 12.4. The summed E-state index contributed by atoms with van der Waals surface area (Å²) in [5.41, 5.74) is 0.915. The summed E-state index contributed by atoms with van der Waals surface area (Å²) in [7, 11) is 2.70. The molecule has 0 aromatic carbocycles. The molecule has 1 aliphatic heterocycles. The number of rotatable bonds is 4. The van der Waals surface area contributed by atoms with Crippen molar-refractivity contribution in [3.05, 3.63) is 11.3 Å². The molecule has 5 heteroatoms. The van der Waals surface area contributed by atoms with Crippen LogP contribution in [0.3, 0.4) is 0 Å². The standard InChI is InChI=1S/C15H23NO4/c1-7-11-12(13(17)19-5)9(3)16-10(4)15(11,8-2)14(18)20-6/h11H,7-8H2,1-6H3. The molecular formula is C15H23NO4. The van der Waals surface area contributed by atoms with E-state index in [1.807, 2.05) is 20.8 Å². The number of esters is 2. The van der Waals surface area contributed by atoms with Gasteiger partial charge in [0.05, 0.1) is 19.8 Å². The third-order valence-electron chi connectivity index (χ3n) is 4.24. The largest absolute Gasteiger partial charge is 0.468 e. The molecule has 2 atom stereocenters. The van der Waals surface area contributed by atoms with E-state index in [0.717, 1.165) is 0 Å². The first-order chi connectivity index (χ1) is 9.40. The normalized spacial score (nSPS) is 26.1. The van der Waals surface area contributed by atoms with Crippen LogP contribution in [0.5, 0.6) is 0 Å². The first-order valence-corrected chi connectivity index (χ1v) is 6.83. The molecule has 0 radical (unpaired) electrons. The van der Waals surface area contributed by atoms with Crippen LogP contribution in [-0.4, -0.2) is 31.9 Å². The van der Waals surface area contributed by atoms with Gasteiger partial charge >= 0.3 is 11.9 Å². The topological polar surface area (TPSA) is 65.0 Å². The molecule has 0 bridgehead atoms. The van der Waals surface area contributed by atoms with Gasteiger partial charge in [0.25, 0.3) is 0 Å². The van der Waals surface area contributed by atoms with Crippen molar-refractivity contribution in [1.29, 1.82) is 0 Å². The molecule has 0 N–H and O–H groups in total. The fraction of sp³-hybridized carbons (Fsp3) is 0.667. The highest BCUT2D eigenvalue weighted by Crippen LogP contribution is 2.45. The average molecular weight is 281 g/mol. The van der Waals surface area contributed by atoms with Gasteiger partial charge in [-0.2, -0.15) is 0 Å². The smallest absolute Gasteiger partial charge is 0.335 e. The minimum Gasteiger partial charge on any atom is -0.468 e. The van der Waals surface area contributed by atoms with Crippen molar-refractivity contribution >= 4 is 17.7 Å². The number of carbonyl (C=O) groups is 2. The summed E-state index contributed by atoms with van der Waals surface area (Å²) in [6, 6.07) is 0. The van der Waals surface area contributed by atoms with Crippen molar-refractivity contribution in [3.8, 4) is 0 Å². The van der Waals surface area contributed by atoms with Crippen LogP contribution >= 0.6 is 0 Å². The second kappa shape index (κ2) is 6.20. The summed E-state index contributed by atoms with van der Waals surface area (Å²) in [5, 5.41) is 0. The SMILES string of the molecule is CCC1C(C(=O)OC)=C(C)N=C(C)C1(CC)C(=O)OC. The Balaban J connectivity index is 3.54. The van der Waals surface area contributed by atoms with E-state index < -0.39 is 11.4 Å². The summed E-state index contributed by atoms with van der Waals surface area (Å²) in [5.74, 6) is -1.04. The zero-order valence-corrected chi connectivity index (χ0v) is 13.1. The molecule has 0 amide bonds. The Kier molecular flexibility index (Phi) is 5.09. The van der Waals surface area contributed by atoms with E-state index >= 15 is 0 Å². The lowest BCUT2D eigenvalue weighted by Crippen LogP contribution is -2.48. The molecule has 1 rings (SSSR count). The average Bonchev–Trinajstić information content (AvgIpc) is 2.45. The third-order valence-corrected chi connectivity index (χ3v) is 4.24. The van der Waals surface area contributed by atoms with Gasteiger partial charge in [-0.25, -0.2) is 4.79 Å². The Bertz CT molecular complexity index is 478. The van der Waals surface area contributed by atoms with E-state index in [9.17, 15) is 9.59 Å². The predicted molar refractivity (Wildman–Crippen MR) is 76.3 cm³/mol. The fourth-order valence-corrected chi connectivity index (χ4v) is 3.23. The molecule has 0 aliphatic carbocycles. The molecule has 0 fully saturated rings. The zero-order valence-electron chi connectivity index (χ0n) is 13.1. The number of ether oxygens (including phenoxy) is 2. The number of methoxy groups -OCH3 is 2. The Labute approximate surface area is 120 Å². The Morgan fingerprint density at radius 2 is 1.80 bits per heavy atom. The maximum Gasteiger partial charge on any atom is 0.335 e. The van der Waals surface area contributed by atoms with E-state index in [-0.39, 0.29) is 11.9 Å². The van der Waals surface area contributed by atoms with E-state index in [4.69, 9.17) is 9.47 Å². The van der Waals surface area contributed by atoms with E-state index in [0.29, 0.717) is 29.8 Å². The van der Waals surface area contributed by atoms with Gasteiger partial charge in [0, 0.05) is 17.3 Å². The van der Waals surface area contributed by atoms with Crippen LogP contribution in [0.1, 0.15) is 40.5 Å². The summed E-state index contributed by atoms with van der Waals surface area (Å²) >= 11 is 0. The Morgan fingerprint density at radius 1 is 1.20 bits per heavy atom. The van der Waals surface area contributed by atoms with Gasteiger partial charge in [0.15, 0.2) is 0 Å². The van der Waals surface area contributed by atoms with Gasteiger partial charge in [-0.05, 0) is 26.7 Å². The van der Waals surface area contributed by atoms with Gasteiger partial charge in [0.2, 0.25) is 0 Å². The van der Waals surface area contributed by atoms with Crippen LogP contribution in [0.25, 0.3) is 0 Å². The predicted octanol–water partition coefficient (Wildman–Crippen LogP) is 2.50. The molecule has 5 nitrogen and oxygen atoms in total. The van der Waals surface area contributed by atoms with E-state index in [2.05, 4.69) is 4.99 Å². The highest BCUT2D eigenvalue weighted by atomic mass is 16.5. The van der Waals surface area contributed by atoms with E-state index in [1.54, 1.807) is 6.92 Å². The van der Waals surface area contributed by atoms with Gasteiger partial charge in [-0.3, -0.25) is 9.79 Å². The lowest BCUT2D eigenvalue weighted by Gasteiger charge is -2.40. The molecule has 0 aromatic rings. The Hall–Kier alpha value is -1.65. The summed E-state index contributed by atoms with van der Waals surface area (Å²) in [6.07, 6.45) is 1.17. The van der Waals surface area contributed by atoms with Crippen molar-refractivity contribution in [2.75, 3.05) is 14.2 Å². The number of hydrogen-bond donors (Lipinski definition) is 0. The molecule has 0 aromatic heterocycles. The molecule has 1 aliphatic rings. The molecule has 0 saturated carbocycles. The van der Waals surface area contributed by atoms with Crippen molar-refractivity contribution in [2.24, 2.45) is 16.3 Å². The van der Waals surface area contributed by atoms with Gasteiger partial charge < -0.3 is 9.47 Å². The lowest BCUT2D eigenvalue weighted by molar-refractivity contribution is -0.151. The molecule has 0 spiro atoms. The second-order valence-electron chi connectivity index (χ2n) is 4.97. The minimum absolute atomic E-state index is 0.273. The lowest BCUT2D eigenvalue weighted by atomic mass is 9.64. The van der Waals surface area contributed by atoms with Gasteiger partial charge in [-0.1, -0.05) is 13.8 Å². The zero-order chi connectivity index (χ0) is 15.5. The quantitative estimate of drug-likeness (QED) is 0.743. The molecule has 2 unspecified atom stereocenters. The molecule has 112 valence electrons. The first-order valence-electron chi connectivity index (χ1n) is 6.83. The number of hydrogen-bond acceptors (Lipinski definition) is 5. The van der Waals surface area contributed by atoms with Crippen LogP contribution in [0.4, 0.5) is 0 Å². The first kappa shape index (κ1) is 16.4. The van der Waals surface area contributed by atoms with E-state index in [1.165, 1.54) is 14.2 Å². The molecular weight excluding hydrogens is 258 g/mol. The van der Waals surface area contributed by atoms with Crippen LogP contribution < -0.4 is 0 Å². The third kappa shape index (κ3) is 2.25. The number of aliphatic imine (C=N–C) groups is 1. The number of nitrogens with zero attached hydrogens (tertiary/aromatic N) is 1. The fourth-order valence-electron chi connectivity index (χ4n) is 3.23. The highest BCUT2D eigenvalue weighted by molar-refractivity contribution is 6.09. The van der Waals surface area contributed by atoms with Gasteiger partial charge in [-0.15, -0.1) is 0 Å². The van der Waals surface area contributed by atoms with Crippen molar-refractivity contribution < 1.29 is 19.1 Å². The Morgan fingerprint density at radius 3 is 2.20 bits per heavy atom. The van der Waals surface area contributed by atoms with Crippen LogP contribution in [-0.2, 0) is 19.1 Å². The summed E-state index contributed by atoms with van der Waals surface area (Å²) < 4.78 is 9.85. The molecule has 20 heavy (non-hydrogen) atoms. The van der Waals surface area contributed by atoms with Crippen molar-refractivity contribution in [1.82, 2.24) is 0 Å². The monoisotopic (exact) mass is 281 g/mol. The second-order valence-corrected chi connectivity index (χ2v) is 4.97. The van der Waals surface area contributed by atoms with Crippen molar-refractivity contribution in [2.45, 2.75) is 40.5 Å². The van der Waals surface area contributed by atoms with Crippen LogP contribution in [0.15, 0.2) is 16.3 Å². The number of carbonyl (C=O) groups excluding carboxylic acids is 2. The van der Waals surface area contributed by atoms with Gasteiger partial charge in [0.1, 0.15) is 5.41 Å². The maximum absolute atomic E-state index is 12.4. The minimum atomic E-state index is -0.882. The molecule has 1 heterocycles. The van der Waals surface area contributed by atoms with Crippen LogP contribution in [0.2, 0.25) is 0 Å². The summed E-state index contributed by atoms with van der Waals surface area (Å²) in [6.45, 7) is 7.46. The van der Waals surface area contributed by atoms with Crippen LogP contribution in [0, 0.1) is 11.3 Å². The highest BCUT2D eigenvalue weighted by Gasteiger charge is 2.52. The van der Waals surface area contributed by atoms with Crippen molar-refractivity contribution in [3.63, 3.8) is 0 Å². The number of allylic oxidation sites excluding steroid dienone is 1. The molecule has 0 saturated heterocycles. The summed E-state index contributed by atoms with van der Waals surface area (Å²) in [4.78, 5) is 28.9.